The molecule has 0 radical (unpaired) electrons. The van der Waals surface area contributed by atoms with Gasteiger partial charge >= 0.3 is 0 Å². The molecule has 0 spiro atoms. The highest BCUT2D eigenvalue weighted by molar-refractivity contribution is 8.27. The maximum absolute atomic E-state index is 12.8. The van der Waals surface area contributed by atoms with Crippen LogP contribution in [0.15, 0.2) is 88.6 Å². The highest BCUT2D eigenvalue weighted by Crippen LogP contribution is 2.29. The van der Waals surface area contributed by atoms with Crippen LogP contribution in [0.25, 0.3) is 11.8 Å². The first-order valence-electron chi connectivity index (χ1n) is 10.6. The van der Waals surface area contributed by atoms with Crippen molar-refractivity contribution in [3.63, 3.8) is 0 Å². The standard InChI is InChI=1S/C25H21N5O2S/c1-2-17-10-12-18(13-11-17)29-14-6-7-19(29)15-21-23(26)30-25(27-24(21)31)33-22(28-30)16-32-20-8-4-3-5-9-20/h3-15,26H,2,16H2,1H3/b21-15-,26-23?. The van der Waals surface area contributed by atoms with Crippen LogP contribution in [0.5, 0.6) is 5.75 Å². The molecule has 0 saturated carbocycles. The van der Waals surface area contributed by atoms with Gasteiger partial charge in [0.05, 0.1) is 5.57 Å². The van der Waals surface area contributed by atoms with Crippen LogP contribution in [-0.2, 0) is 11.2 Å². The first-order chi connectivity index (χ1) is 16.1. The van der Waals surface area contributed by atoms with E-state index in [0.717, 1.165) is 23.6 Å². The molecular formula is C25H21N5O2S. The zero-order valence-corrected chi connectivity index (χ0v) is 18.7. The lowest BCUT2D eigenvalue weighted by atomic mass is 10.1. The van der Waals surface area contributed by atoms with Crippen molar-refractivity contribution in [3.8, 4) is 11.4 Å². The number of aliphatic imine (C=N–C) groups is 1. The molecule has 3 aromatic rings. The third-order valence-corrected chi connectivity index (χ3v) is 6.18. The van der Waals surface area contributed by atoms with Crippen molar-refractivity contribution >= 4 is 39.8 Å². The number of aryl methyl sites for hydroxylation is 1. The third kappa shape index (κ3) is 4.25. The molecule has 33 heavy (non-hydrogen) atoms. The van der Waals surface area contributed by atoms with E-state index in [-0.39, 0.29) is 18.0 Å². The van der Waals surface area contributed by atoms with Gasteiger partial charge in [-0.3, -0.25) is 10.2 Å². The maximum atomic E-state index is 12.8. The van der Waals surface area contributed by atoms with Gasteiger partial charge in [0.15, 0.2) is 5.84 Å². The molecule has 3 heterocycles. The van der Waals surface area contributed by atoms with E-state index in [4.69, 9.17) is 10.1 Å². The van der Waals surface area contributed by atoms with Gasteiger partial charge in [0.25, 0.3) is 5.91 Å². The SMILES string of the molecule is CCc1ccc(-n2cccc2/C=C2/C(=N)N3N=C(COc4ccccc4)SC3=NC2=O)cc1. The molecule has 2 aromatic carbocycles. The highest BCUT2D eigenvalue weighted by Gasteiger charge is 2.36. The lowest BCUT2D eigenvalue weighted by Gasteiger charge is -2.20. The topological polar surface area (TPSA) is 83.0 Å². The largest absolute Gasteiger partial charge is 0.487 e. The molecule has 1 N–H and O–H groups in total. The van der Waals surface area contributed by atoms with Crippen molar-refractivity contribution in [2.24, 2.45) is 10.1 Å². The molecule has 8 heteroatoms. The average Bonchev–Trinajstić information content (AvgIpc) is 3.48. The molecule has 7 nitrogen and oxygen atoms in total. The Bertz CT molecular complexity index is 1310. The second-order valence-electron chi connectivity index (χ2n) is 7.44. The van der Waals surface area contributed by atoms with E-state index in [1.165, 1.54) is 22.3 Å². The summed E-state index contributed by atoms with van der Waals surface area (Å²) < 4.78 is 7.72. The zero-order valence-electron chi connectivity index (χ0n) is 17.9. The van der Waals surface area contributed by atoms with Gasteiger partial charge < -0.3 is 9.30 Å². The molecule has 2 aliphatic heterocycles. The summed E-state index contributed by atoms with van der Waals surface area (Å²) in [5, 5.41) is 15.5. The number of nitrogens with zero attached hydrogens (tertiary/aromatic N) is 4. The minimum absolute atomic E-state index is 0.00120. The van der Waals surface area contributed by atoms with Crippen molar-refractivity contribution in [2.45, 2.75) is 13.3 Å². The minimum atomic E-state index is -0.451. The Morgan fingerprint density at radius 3 is 2.61 bits per heavy atom. The Balaban J connectivity index is 1.38. The molecule has 1 amide bonds. The van der Waals surface area contributed by atoms with Crippen molar-refractivity contribution in [3.05, 3.63) is 89.8 Å². The number of carbonyl (C=O) groups excluding carboxylic acids is 1. The summed E-state index contributed by atoms with van der Waals surface area (Å²) in [6.45, 7) is 2.36. The molecule has 164 valence electrons. The van der Waals surface area contributed by atoms with Crippen molar-refractivity contribution in [1.82, 2.24) is 9.58 Å². The van der Waals surface area contributed by atoms with Gasteiger partial charge in [0.1, 0.15) is 17.4 Å². The molecule has 0 bridgehead atoms. The fourth-order valence-electron chi connectivity index (χ4n) is 3.54. The molecule has 5 rings (SSSR count). The Kier molecular flexibility index (Phi) is 5.66. The molecule has 2 aliphatic rings. The fourth-order valence-corrected chi connectivity index (χ4v) is 4.34. The van der Waals surface area contributed by atoms with Crippen molar-refractivity contribution in [2.75, 3.05) is 6.61 Å². The number of carbonyl (C=O) groups is 1. The van der Waals surface area contributed by atoms with Gasteiger partial charge in [-0.15, -0.1) is 0 Å². The van der Waals surface area contributed by atoms with Gasteiger partial charge in [-0.25, -0.2) is 0 Å². The smallest absolute Gasteiger partial charge is 0.283 e. The summed E-state index contributed by atoms with van der Waals surface area (Å²) in [7, 11) is 0. The van der Waals surface area contributed by atoms with E-state index in [1.54, 1.807) is 6.08 Å². The zero-order chi connectivity index (χ0) is 22.8. The molecule has 1 aromatic heterocycles. The first-order valence-corrected chi connectivity index (χ1v) is 11.4. The predicted octanol–water partition coefficient (Wildman–Crippen LogP) is 4.74. The number of thioether (sulfide) groups is 1. The Hall–Kier alpha value is -3.91. The second-order valence-corrected chi connectivity index (χ2v) is 8.48. The highest BCUT2D eigenvalue weighted by atomic mass is 32.2. The predicted molar refractivity (Wildman–Crippen MR) is 132 cm³/mol. The van der Waals surface area contributed by atoms with Crippen molar-refractivity contribution in [1.29, 1.82) is 5.41 Å². The molecule has 0 fully saturated rings. The van der Waals surface area contributed by atoms with E-state index < -0.39 is 5.91 Å². The van der Waals surface area contributed by atoms with Crippen LogP contribution in [0.2, 0.25) is 0 Å². The van der Waals surface area contributed by atoms with Gasteiger partial charge in [-0.05, 0) is 66.2 Å². The number of benzene rings is 2. The summed E-state index contributed by atoms with van der Waals surface area (Å²) >= 11 is 1.24. The molecular weight excluding hydrogens is 434 g/mol. The van der Waals surface area contributed by atoms with E-state index in [9.17, 15) is 4.79 Å². The van der Waals surface area contributed by atoms with Crippen LogP contribution >= 0.6 is 11.8 Å². The number of para-hydroxylation sites is 1. The van der Waals surface area contributed by atoms with Gasteiger partial charge in [0, 0.05) is 17.6 Å². The maximum Gasteiger partial charge on any atom is 0.283 e. The number of hydrazone groups is 1. The lowest BCUT2D eigenvalue weighted by Crippen LogP contribution is -2.35. The van der Waals surface area contributed by atoms with Crippen LogP contribution in [0.3, 0.4) is 0 Å². The summed E-state index contributed by atoms with van der Waals surface area (Å²) in [5.41, 5.74) is 3.22. The second kappa shape index (κ2) is 8.91. The number of aromatic nitrogens is 1. The number of rotatable bonds is 6. The minimum Gasteiger partial charge on any atom is -0.487 e. The number of nitrogens with one attached hydrogen (secondary N) is 1. The van der Waals surface area contributed by atoms with Gasteiger partial charge in [-0.2, -0.15) is 15.1 Å². The number of ether oxygens (including phenoxy) is 1. The van der Waals surface area contributed by atoms with Crippen LogP contribution in [0, 0.1) is 5.41 Å². The summed E-state index contributed by atoms with van der Waals surface area (Å²) in [6, 6.07) is 21.5. The van der Waals surface area contributed by atoms with Crippen molar-refractivity contribution < 1.29 is 9.53 Å². The number of fused-ring (bicyclic) bond motifs is 1. The summed E-state index contributed by atoms with van der Waals surface area (Å²) in [6.07, 6.45) is 4.60. The summed E-state index contributed by atoms with van der Waals surface area (Å²) in [4.78, 5) is 16.9. The first kappa shape index (κ1) is 21.0. The van der Waals surface area contributed by atoms with Gasteiger partial charge in [0.2, 0.25) is 5.17 Å². The Labute approximate surface area is 195 Å². The fraction of sp³-hybridized carbons (Fsp3) is 0.120. The lowest BCUT2D eigenvalue weighted by molar-refractivity contribution is -0.114. The summed E-state index contributed by atoms with van der Waals surface area (Å²) in [5.74, 6) is 0.279. The Morgan fingerprint density at radius 2 is 1.85 bits per heavy atom. The number of amides is 1. The van der Waals surface area contributed by atoms with E-state index in [1.807, 2.05) is 65.4 Å². The van der Waals surface area contributed by atoms with Crippen LogP contribution in [0.4, 0.5) is 0 Å². The van der Waals surface area contributed by atoms with Crippen LogP contribution in [0.1, 0.15) is 18.2 Å². The quantitative estimate of drug-likeness (QED) is 0.545. The van der Waals surface area contributed by atoms with Crippen LogP contribution < -0.4 is 4.74 Å². The Morgan fingerprint density at radius 1 is 1.06 bits per heavy atom. The third-order valence-electron chi connectivity index (χ3n) is 5.30. The molecule has 0 saturated heterocycles. The average molecular weight is 456 g/mol. The molecule has 0 aliphatic carbocycles. The number of hydrogen-bond donors (Lipinski definition) is 1. The normalized spacial score (nSPS) is 16.6. The number of hydrogen-bond acceptors (Lipinski definition) is 5. The van der Waals surface area contributed by atoms with E-state index in [0.29, 0.717) is 10.2 Å². The van der Waals surface area contributed by atoms with Crippen LogP contribution in [-0.4, -0.2) is 38.1 Å². The number of amidine groups is 2. The van der Waals surface area contributed by atoms with E-state index in [2.05, 4.69) is 29.2 Å². The molecule has 0 atom stereocenters. The van der Waals surface area contributed by atoms with E-state index >= 15 is 0 Å². The molecule has 0 unspecified atom stereocenters. The van der Waals surface area contributed by atoms with Gasteiger partial charge in [-0.1, -0.05) is 37.3 Å². The monoisotopic (exact) mass is 455 g/mol.